The lowest BCUT2D eigenvalue weighted by Crippen LogP contribution is -2.04. The van der Waals surface area contributed by atoms with Crippen LogP contribution in [0.25, 0.3) is 10.9 Å². The summed E-state index contributed by atoms with van der Waals surface area (Å²) in [5.74, 6) is 0.656. The van der Waals surface area contributed by atoms with Gasteiger partial charge in [-0.25, -0.2) is 9.67 Å². The van der Waals surface area contributed by atoms with Gasteiger partial charge in [-0.05, 0) is 11.6 Å². The zero-order valence-electron chi connectivity index (χ0n) is 9.82. The second kappa shape index (κ2) is 4.54. The zero-order valence-corrected chi connectivity index (χ0v) is 9.82. The van der Waals surface area contributed by atoms with Crippen LogP contribution in [0.2, 0.25) is 0 Å². The standard InChI is InChI=1S/C13H13N5/c14-7-12-16-9-18(17-12)8-11-4-1-3-10-5-2-6-15-13(10)11/h1-6,9H,7-8,14H2. The average molecular weight is 239 g/mol. The number of fused-ring (bicyclic) bond motifs is 1. The molecule has 2 N–H and O–H groups in total. The Morgan fingerprint density at radius 2 is 2.00 bits per heavy atom. The van der Waals surface area contributed by atoms with Crippen LogP contribution < -0.4 is 5.73 Å². The highest BCUT2D eigenvalue weighted by atomic mass is 15.3. The van der Waals surface area contributed by atoms with E-state index in [1.807, 2.05) is 12.1 Å². The zero-order chi connectivity index (χ0) is 12.4. The number of hydrogen-bond donors (Lipinski definition) is 1. The Hall–Kier alpha value is -2.27. The summed E-state index contributed by atoms with van der Waals surface area (Å²) < 4.78 is 1.78. The molecule has 18 heavy (non-hydrogen) atoms. The highest BCUT2D eigenvalue weighted by Crippen LogP contribution is 2.16. The smallest absolute Gasteiger partial charge is 0.164 e. The predicted octanol–water partition coefficient (Wildman–Crippen LogP) is 1.33. The Labute approximate surface area is 104 Å². The molecule has 3 rings (SSSR count). The normalized spacial score (nSPS) is 10.9. The van der Waals surface area contributed by atoms with Crippen LogP contribution in [0, 0.1) is 0 Å². The summed E-state index contributed by atoms with van der Waals surface area (Å²) in [5, 5.41) is 5.42. The first-order valence-electron chi connectivity index (χ1n) is 5.78. The van der Waals surface area contributed by atoms with E-state index >= 15 is 0 Å². The van der Waals surface area contributed by atoms with Crippen molar-refractivity contribution in [3.8, 4) is 0 Å². The molecule has 5 nitrogen and oxygen atoms in total. The lowest BCUT2D eigenvalue weighted by molar-refractivity contribution is 0.674. The quantitative estimate of drug-likeness (QED) is 0.748. The van der Waals surface area contributed by atoms with Crippen LogP contribution in [0.5, 0.6) is 0 Å². The SMILES string of the molecule is NCc1ncn(Cc2cccc3cccnc23)n1. The average Bonchev–Trinajstić information content (AvgIpc) is 2.87. The fourth-order valence-electron chi connectivity index (χ4n) is 1.97. The van der Waals surface area contributed by atoms with Gasteiger partial charge >= 0.3 is 0 Å². The van der Waals surface area contributed by atoms with Gasteiger partial charge in [0.05, 0.1) is 18.6 Å². The van der Waals surface area contributed by atoms with Gasteiger partial charge in [0.15, 0.2) is 5.82 Å². The summed E-state index contributed by atoms with van der Waals surface area (Å²) in [7, 11) is 0. The van der Waals surface area contributed by atoms with Crippen LogP contribution in [0.3, 0.4) is 0 Å². The first-order chi connectivity index (χ1) is 8.86. The van der Waals surface area contributed by atoms with Gasteiger partial charge in [-0.2, -0.15) is 5.10 Å². The third kappa shape index (κ3) is 1.96. The molecule has 0 radical (unpaired) electrons. The van der Waals surface area contributed by atoms with Crippen molar-refractivity contribution in [3.63, 3.8) is 0 Å². The Morgan fingerprint density at radius 1 is 1.11 bits per heavy atom. The Bertz CT molecular complexity index is 668. The second-order valence-corrected chi connectivity index (χ2v) is 4.05. The third-order valence-corrected chi connectivity index (χ3v) is 2.82. The molecule has 5 heteroatoms. The van der Waals surface area contributed by atoms with Crippen molar-refractivity contribution in [1.29, 1.82) is 0 Å². The fraction of sp³-hybridized carbons (Fsp3) is 0.154. The minimum atomic E-state index is 0.362. The van der Waals surface area contributed by atoms with Crippen molar-refractivity contribution >= 4 is 10.9 Å². The van der Waals surface area contributed by atoms with Gasteiger partial charge in [0, 0.05) is 11.6 Å². The number of aromatic nitrogens is 4. The van der Waals surface area contributed by atoms with E-state index in [1.54, 1.807) is 17.2 Å². The summed E-state index contributed by atoms with van der Waals surface area (Å²) in [6, 6.07) is 10.1. The molecule has 0 spiro atoms. The van der Waals surface area contributed by atoms with Crippen molar-refractivity contribution in [2.24, 2.45) is 5.73 Å². The third-order valence-electron chi connectivity index (χ3n) is 2.82. The Morgan fingerprint density at radius 3 is 2.83 bits per heavy atom. The van der Waals surface area contributed by atoms with Gasteiger partial charge in [0.1, 0.15) is 6.33 Å². The van der Waals surface area contributed by atoms with E-state index in [0.717, 1.165) is 16.5 Å². The number of nitrogens with two attached hydrogens (primary N) is 1. The molecule has 0 unspecified atom stereocenters. The van der Waals surface area contributed by atoms with Gasteiger partial charge in [-0.1, -0.05) is 24.3 Å². The van der Waals surface area contributed by atoms with Crippen molar-refractivity contribution in [3.05, 3.63) is 54.2 Å². The molecule has 0 aliphatic rings. The maximum absolute atomic E-state index is 5.50. The first-order valence-corrected chi connectivity index (χ1v) is 5.78. The topological polar surface area (TPSA) is 69.6 Å². The predicted molar refractivity (Wildman–Crippen MR) is 68.8 cm³/mol. The number of rotatable bonds is 3. The van der Waals surface area contributed by atoms with Crippen molar-refractivity contribution in [1.82, 2.24) is 19.7 Å². The van der Waals surface area contributed by atoms with E-state index in [4.69, 9.17) is 5.73 Å². The summed E-state index contributed by atoms with van der Waals surface area (Å²) in [6.45, 7) is 1.02. The number of nitrogens with zero attached hydrogens (tertiary/aromatic N) is 4. The lowest BCUT2D eigenvalue weighted by atomic mass is 10.1. The molecule has 2 heterocycles. The number of pyridine rings is 1. The van der Waals surface area contributed by atoms with Crippen LogP contribution in [0.4, 0.5) is 0 Å². The highest BCUT2D eigenvalue weighted by Gasteiger charge is 2.04. The maximum Gasteiger partial charge on any atom is 0.164 e. The molecule has 90 valence electrons. The molecule has 0 atom stereocenters. The van der Waals surface area contributed by atoms with E-state index in [2.05, 4.69) is 33.3 Å². The van der Waals surface area contributed by atoms with Crippen molar-refractivity contribution in [2.75, 3.05) is 0 Å². The minimum absolute atomic E-state index is 0.362. The van der Waals surface area contributed by atoms with E-state index in [9.17, 15) is 0 Å². The molecule has 0 fully saturated rings. The highest BCUT2D eigenvalue weighted by molar-refractivity contribution is 5.81. The monoisotopic (exact) mass is 239 g/mol. The molecule has 0 amide bonds. The lowest BCUT2D eigenvalue weighted by Gasteiger charge is -2.05. The van der Waals surface area contributed by atoms with E-state index in [1.165, 1.54) is 0 Å². The van der Waals surface area contributed by atoms with Gasteiger partial charge in [0.25, 0.3) is 0 Å². The number of para-hydroxylation sites is 1. The molecular formula is C13H13N5. The molecule has 0 aliphatic heterocycles. The molecule has 3 aromatic rings. The maximum atomic E-state index is 5.50. The molecule has 0 bridgehead atoms. The number of hydrogen-bond acceptors (Lipinski definition) is 4. The summed E-state index contributed by atoms with van der Waals surface area (Å²) >= 11 is 0. The minimum Gasteiger partial charge on any atom is -0.324 e. The first kappa shape index (κ1) is 10.9. The molecule has 2 aromatic heterocycles. The fourth-order valence-corrected chi connectivity index (χ4v) is 1.97. The van der Waals surface area contributed by atoms with Crippen LogP contribution in [-0.2, 0) is 13.1 Å². The Kier molecular flexibility index (Phi) is 2.74. The summed E-state index contributed by atoms with van der Waals surface area (Å²) in [6.07, 6.45) is 3.50. The van der Waals surface area contributed by atoms with Gasteiger partial charge < -0.3 is 5.73 Å². The van der Waals surface area contributed by atoms with Crippen molar-refractivity contribution < 1.29 is 0 Å². The summed E-state index contributed by atoms with van der Waals surface area (Å²) in [5.41, 5.74) is 7.63. The van der Waals surface area contributed by atoms with Crippen LogP contribution >= 0.6 is 0 Å². The van der Waals surface area contributed by atoms with Crippen LogP contribution in [-0.4, -0.2) is 19.7 Å². The van der Waals surface area contributed by atoms with Crippen LogP contribution in [0.15, 0.2) is 42.9 Å². The molecule has 1 aromatic carbocycles. The van der Waals surface area contributed by atoms with Crippen molar-refractivity contribution in [2.45, 2.75) is 13.1 Å². The molecular weight excluding hydrogens is 226 g/mol. The summed E-state index contributed by atoms with van der Waals surface area (Å²) in [4.78, 5) is 8.54. The second-order valence-electron chi connectivity index (χ2n) is 4.05. The molecule has 0 saturated carbocycles. The van der Waals surface area contributed by atoms with E-state index in [0.29, 0.717) is 18.9 Å². The van der Waals surface area contributed by atoms with Gasteiger partial charge in [-0.3, -0.25) is 4.98 Å². The van der Waals surface area contributed by atoms with E-state index in [-0.39, 0.29) is 0 Å². The molecule has 0 saturated heterocycles. The van der Waals surface area contributed by atoms with Gasteiger partial charge in [-0.15, -0.1) is 0 Å². The number of benzene rings is 1. The largest absolute Gasteiger partial charge is 0.324 e. The van der Waals surface area contributed by atoms with Crippen LogP contribution in [0.1, 0.15) is 11.4 Å². The molecule has 0 aliphatic carbocycles. The van der Waals surface area contributed by atoms with E-state index < -0.39 is 0 Å². The van der Waals surface area contributed by atoms with Gasteiger partial charge in [0.2, 0.25) is 0 Å². The Balaban J connectivity index is 1.99.